The van der Waals surface area contributed by atoms with E-state index in [0.717, 1.165) is 28.2 Å². The van der Waals surface area contributed by atoms with E-state index < -0.39 is 0 Å². The molecule has 0 spiro atoms. The average molecular weight is 335 g/mol. The molecule has 0 saturated heterocycles. The lowest BCUT2D eigenvalue weighted by molar-refractivity contribution is 0.267. The maximum Gasteiger partial charge on any atom is 0.136 e. The largest absolute Gasteiger partial charge is 0.388 e. The zero-order valence-corrected chi connectivity index (χ0v) is 13.9. The van der Waals surface area contributed by atoms with E-state index in [-0.39, 0.29) is 6.61 Å². The van der Waals surface area contributed by atoms with Gasteiger partial charge in [0.05, 0.1) is 28.3 Å². The highest BCUT2D eigenvalue weighted by Crippen LogP contribution is 2.20. The van der Waals surface area contributed by atoms with E-state index in [0.29, 0.717) is 12.4 Å². The Labute approximate surface area is 144 Å². The predicted octanol–water partition coefficient (Wildman–Crippen LogP) is 3.62. The van der Waals surface area contributed by atoms with Gasteiger partial charge in [0.25, 0.3) is 0 Å². The Balaban J connectivity index is 1.60. The van der Waals surface area contributed by atoms with E-state index in [2.05, 4.69) is 34.6 Å². The monoisotopic (exact) mass is 335 g/mol. The number of aliphatic hydroxyl groups excluding tert-OH is 1. The fraction of sp³-hybridized carbons (Fsp3) is 0.158. The number of hydrogen-bond donors (Lipinski definition) is 1. The molecule has 2 aromatic heterocycles. The van der Waals surface area contributed by atoms with Gasteiger partial charge in [0.1, 0.15) is 12.4 Å². The third kappa shape index (κ3) is 2.96. The second kappa shape index (κ2) is 6.55. The zero-order chi connectivity index (χ0) is 16.4. The fourth-order valence-corrected chi connectivity index (χ4v) is 3.68. The maximum absolute atomic E-state index is 9.60. The molecular weight excluding hydrogens is 318 g/mol. The van der Waals surface area contributed by atoms with Crippen molar-refractivity contribution < 1.29 is 5.11 Å². The van der Waals surface area contributed by atoms with Crippen LogP contribution in [-0.2, 0) is 19.6 Å². The Bertz CT molecular complexity index is 959. The van der Waals surface area contributed by atoms with E-state index in [1.807, 2.05) is 34.9 Å². The molecule has 0 aliphatic heterocycles. The maximum atomic E-state index is 9.60. The minimum absolute atomic E-state index is 0.0737. The Morgan fingerprint density at radius 2 is 1.75 bits per heavy atom. The molecule has 5 heteroatoms. The van der Waals surface area contributed by atoms with Gasteiger partial charge in [0.2, 0.25) is 0 Å². The number of aromatic nitrogens is 3. The normalized spacial score (nSPS) is 11.2. The Morgan fingerprint density at radius 1 is 0.958 bits per heavy atom. The summed E-state index contributed by atoms with van der Waals surface area (Å²) in [6.45, 7) is 0.553. The Hall–Kier alpha value is -2.50. The number of para-hydroxylation sites is 2. The number of benzene rings is 2. The van der Waals surface area contributed by atoms with Gasteiger partial charge in [0.15, 0.2) is 0 Å². The summed E-state index contributed by atoms with van der Waals surface area (Å²) in [6.07, 6.45) is 0.850. The molecule has 4 aromatic rings. The minimum atomic E-state index is -0.0737. The van der Waals surface area contributed by atoms with E-state index in [9.17, 15) is 5.11 Å². The van der Waals surface area contributed by atoms with Crippen LogP contribution >= 0.6 is 11.3 Å². The van der Waals surface area contributed by atoms with Gasteiger partial charge in [0, 0.05) is 11.8 Å². The molecule has 0 fully saturated rings. The first-order chi connectivity index (χ1) is 11.8. The number of thiazole rings is 1. The van der Waals surface area contributed by atoms with Crippen LogP contribution in [0.25, 0.3) is 11.0 Å². The number of hydrogen-bond acceptors (Lipinski definition) is 4. The molecule has 0 aliphatic carbocycles. The molecule has 120 valence electrons. The summed E-state index contributed by atoms with van der Waals surface area (Å²) in [6, 6.07) is 18.3. The van der Waals surface area contributed by atoms with Crippen molar-refractivity contribution in [2.24, 2.45) is 0 Å². The molecule has 0 radical (unpaired) electrons. The summed E-state index contributed by atoms with van der Waals surface area (Å²) in [7, 11) is 0. The second-order valence-corrected chi connectivity index (χ2v) is 6.60. The number of fused-ring (bicyclic) bond motifs is 1. The molecule has 24 heavy (non-hydrogen) atoms. The van der Waals surface area contributed by atoms with E-state index in [1.54, 1.807) is 11.3 Å². The van der Waals surface area contributed by atoms with Gasteiger partial charge in [-0.15, -0.1) is 11.3 Å². The first kappa shape index (κ1) is 15.1. The van der Waals surface area contributed by atoms with Crippen molar-refractivity contribution in [1.82, 2.24) is 14.5 Å². The van der Waals surface area contributed by atoms with Gasteiger partial charge < -0.3 is 9.67 Å². The molecule has 0 unspecified atom stereocenters. The fourth-order valence-electron chi connectivity index (χ4n) is 2.86. The van der Waals surface area contributed by atoms with Crippen LogP contribution in [0.4, 0.5) is 0 Å². The summed E-state index contributed by atoms with van der Waals surface area (Å²) < 4.78 is 2.04. The summed E-state index contributed by atoms with van der Waals surface area (Å²) in [5.74, 6) is 0.675. The van der Waals surface area contributed by atoms with Crippen LogP contribution in [0.2, 0.25) is 0 Å². The highest BCUT2D eigenvalue weighted by Gasteiger charge is 2.11. The topological polar surface area (TPSA) is 50.9 Å². The molecule has 0 aliphatic rings. The number of imidazole rings is 1. The van der Waals surface area contributed by atoms with Crippen LogP contribution in [0.15, 0.2) is 60.0 Å². The van der Waals surface area contributed by atoms with Crippen LogP contribution < -0.4 is 0 Å². The Morgan fingerprint density at radius 3 is 2.58 bits per heavy atom. The smallest absolute Gasteiger partial charge is 0.136 e. The molecule has 1 N–H and O–H groups in total. The van der Waals surface area contributed by atoms with E-state index in [4.69, 9.17) is 4.98 Å². The molecule has 4 nitrogen and oxygen atoms in total. The predicted molar refractivity (Wildman–Crippen MR) is 96.1 cm³/mol. The Kier molecular flexibility index (Phi) is 4.11. The van der Waals surface area contributed by atoms with Crippen LogP contribution in [0.3, 0.4) is 0 Å². The quantitative estimate of drug-likeness (QED) is 0.606. The summed E-state index contributed by atoms with van der Waals surface area (Å²) in [5, 5.41) is 12.8. The molecule has 0 bridgehead atoms. The molecule has 0 saturated carbocycles. The van der Waals surface area contributed by atoms with Crippen molar-refractivity contribution in [3.05, 3.63) is 82.1 Å². The minimum Gasteiger partial charge on any atom is -0.388 e. The van der Waals surface area contributed by atoms with Gasteiger partial charge in [-0.3, -0.25) is 0 Å². The number of nitrogens with zero attached hydrogens (tertiary/aromatic N) is 3. The van der Waals surface area contributed by atoms with Crippen molar-refractivity contribution in [2.75, 3.05) is 0 Å². The molecule has 4 rings (SSSR count). The molecular formula is C19H17N3OS. The molecule has 2 aromatic carbocycles. The first-order valence-electron chi connectivity index (χ1n) is 7.85. The SMILES string of the molecule is OCc1nc2ccccc2n1Cc1csc(Cc2ccccc2)n1. The zero-order valence-electron chi connectivity index (χ0n) is 13.1. The van der Waals surface area contributed by atoms with E-state index >= 15 is 0 Å². The number of rotatable bonds is 5. The van der Waals surface area contributed by atoms with Crippen molar-refractivity contribution in [1.29, 1.82) is 0 Å². The van der Waals surface area contributed by atoms with Crippen molar-refractivity contribution in [3.63, 3.8) is 0 Å². The third-order valence-electron chi connectivity index (χ3n) is 3.99. The first-order valence-corrected chi connectivity index (χ1v) is 8.73. The van der Waals surface area contributed by atoms with Crippen LogP contribution in [-0.4, -0.2) is 19.6 Å². The molecule has 2 heterocycles. The summed E-state index contributed by atoms with van der Waals surface area (Å²) >= 11 is 1.68. The highest BCUT2D eigenvalue weighted by atomic mass is 32.1. The van der Waals surface area contributed by atoms with Crippen LogP contribution in [0, 0.1) is 0 Å². The van der Waals surface area contributed by atoms with Gasteiger partial charge >= 0.3 is 0 Å². The van der Waals surface area contributed by atoms with E-state index in [1.165, 1.54) is 5.56 Å². The summed E-state index contributed by atoms with van der Waals surface area (Å²) in [4.78, 5) is 9.24. The lowest BCUT2D eigenvalue weighted by Gasteiger charge is -2.05. The van der Waals surface area contributed by atoms with Gasteiger partial charge in [-0.25, -0.2) is 9.97 Å². The molecule has 0 atom stereocenters. The van der Waals surface area contributed by atoms with Gasteiger partial charge in [-0.2, -0.15) is 0 Å². The number of aliphatic hydroxyl groups is 1. The molecule has 0 amide bonds. The van der Waals surface area contributed by atoms with Gasteiger partial charge in [-0.05, 0) is 17.7 Å². The average Bonchev–Trinajstić information content (AvgIpc) is 3.21. The lowest BCUT2D eigenvalue weighted by Crippen LogP contribution is -2.05. The summed E-state index contributed by atoms with van der Waals surface area (Å²) in [5.41, 5.74) is 4.20. The van der Waals surface area contributed by atoms with Crippen molar-refractivity contribution in [3.8, 4) is 0 Å². The second-order valence-electron chi connectivity index (χ2n) is 5.66. The van der Waals surface area contributed by atoms with Crippen LogP contribution in [0.1, 0.15) is 22.1 Å². The highest BCUT2D eigenvalue weighted by molar-refractivity contribution is 7.09. The van der Waals surface area contributed by atoms with Gasteiger partial charge in [-0.1, -0.05) is 42.5 Å². The standard InChI is InChI=1S/C19H17N3OS/c23-12-18-21-16-8-4-5-9-17(16)22(18)11-15-13-24-19(20-15)10-14-6-2-1-3-7-14/h1-9,13,23H,10-12H2. The van der Waals surface area contributed by atoms with Crippen molar-refractivity contribution >= 4 is 22.4 Å². The third-order valence-corrected chi connectivity index (χ3v) is 4.89. The lowest BCUT2D eigenvalue weighted by atomic mass is 10.2. The van der Waals surface area contributed by atoms with Crippen molar-refractivity contribution in [2.45, 2.75) is 19.6 Å². The van der Waals surface area contributed by atoms with Crippen LogP contribution in [0.5, 0.6) is 0 Å².